The second kappa shape index (κ2) is 4.48. The summed E-state index contributed by atoms with van der Waals surface area (Å²) in [5.74, 6) is 5.93. The predicted octanol–water partition coefficient (Wildman–Crippen LogP) is 0.742. The summed E-state index contributed by atoms with van der Waals surface area (Å²) < 4.78 is 5.00. The fourth-order valence-electron chi connectivity index (χ4n) is 0.986. The molecule has 0 saturated heterocycles. The Bertz CT molecular complexity index is 350. The Morgan fingerprint density at radius 3 is 2.92 bits per heavy atom. The fourth-order valence-corrected chi connectivity index (χ4v) is 0.986. The summed E-state index contributed by atoms with van der Waals surface area (Å²) in [5.41, 5.74) is 1.72. The number of hydrogen-bond acceptors (Lipinski definition) is 3. The maximum atomic E-state index is 8.48. The van der Waals surface area contributed by atoms with Gasteiger partial charge < -0.3 is 9.84 Å². The van der Waals surface area contributed by atoms with Crippen LogP contribution in [0.1, 0.15) is 11.1 Å². The molecule has 0 saturated carbocycles. The number of aromatic nitrogens is 1. The SMILES string of the molecule is COc1ncc(C#CCO)cc1C. The van der Waals surface area contributed by atoms with E-state index in [1.165, 1.54) is 0 Å². The van der Waals surface area contributed by atoms with Crippen LogP contribution in [0.4, 0.5) is 0 Å². The Kier molecular flexibility index (Phi) is 3.30. The topological polar surface area (TPSA) is 42.4 Å². The molecule has 0 aliphatic carbocycles. The van der Waals surface area contributed by atoms with Crippen LogP contribution in [0.5, 0.6) is 5.88 Å². The lowest BCUT2D eigenvalue weighted by atomic mass is 10.2. The third kappa shape index (κ3) is 2.46. The van der Waals surface area contributed by atoms with Crippen molar-refractivity contribution in [2.24, 2.45) is 0 Å². The number of pyridine rings is 1. The summed E-state index contributed by atoms with van der Waals surface area (Å²) in [5, 5.41) is 8.48. The summed E-state index contributed by atoms with van der Waals surface area (Å²) in [6, 6.07) is 1.87. The molecule has 1 aromatic rings. The van der Waals surface area contributed by atoms with E-state index in [1.54, 1.807) is 13.3 Å². The van der Waals surface area contributed by atoms with E-state index in [2.05, 4.69) is 16.8 Å². The molecule has 3 nitrogen and oxygen atoms in total. The molecule has 0 bridgehead atoms. The highest BCUT2D eigenvalue weighted by Gasteiger charge is 1.98. The molecule has 0 aromatic carbocycles. The summed E-state index contributed by atoms with van der Waals surface area (Å²) in [6.07, 6.45) is 1.62. The largest absolute Gasteiger partial charge is 0.481 e. The molecule has 13 heavy (non-hydrogen) atoms. The van der Waals surface area contributed by atoms with Crippen molar-refractivity contribution in [2.45, 2.75) is 6.92 Å². The van der Waals surface area contributed by atoms with E-state index in [1.807, 2.05) is 13.0 Å². The second-order valence-electron chi connectivity index (χ2n) is 2.51. The minimum Gasteiger partial charge on any atom is -0.481 e. The lowest BCUT2D eigenvalue weighted by Crippen LogP contribution is -1.91. The van der Waals surface area contributed by atoms with Gasteiger partial charge in [-0.3, -0.25) is 0 Å². The number of hydrogen-bond donors (Lipinski definition) is 1. The Morgan fingerprint density at radius 1 is 1.62 bits per heavy atom. The normalized spacial score (nSPS) is 8.85. The van der Waals surface area contributed by atoms with Gasteiger partial charge >= 0.3 is 0 Å². The first kappa shape index (κ1) is 9.56. The standard InChI is InChI=1S/C10H11NO2/c1-8-6-9(4-3-5-12)7-11-10(8)13-2/h6-7,12H,5H2,1-2H3. The van der Waals surface area contributed by atoms with Gasteiger partial charge in [-0.25, -0.2) is 4.98 Å². The van der Waals surface area contributed by atoms with Gasteiger partial charge in [0, 0.05) is 17.3 Å². The van der Waals surface area contributed by atoms with Crippen LogP contribution in [0.2, 0.25) is 0 Å². The Morgan fingerprint density at radius 2 is 2.38 bits per heavy atom. The van der Waals surface area contributed by atoms with Crippen LogP contribution in [-0.4, -0.2) is 23.8 Å². The van der Waals surface area contributed by atoms with E-state index >= 15 is 0 Å². The van der Waals surface area contributed by atoms with Gasteiger partial charge in [0.2, 0.25) is 5.88 Å². The molecule has 1 rings (SSSR count). The van der Waals surface area contributed by atoms with Crippen LogP contribution in [0.15, 0.2) is 12.3 Å². The van der Waals surface area contributed by atoms with Crippen LogP contribution in [0.25, 0.3) is 0 Å². The first-order chi connectivity index (χ1) is 6.27. The lowest BCUT2D eigenvalue weighted by Gasteiger charge is -2.01. The third-order valence-electron chi connectivity index (χ3n) is 1.54. The quantitative estimate of drug-likeness (QED) is 0.643. The van der Waals surface area contributed by atoms with Gasteiger partial charge in [-0.2, -0.15) is 0 Å². The van der Waals surface area contributed by atoms with Crippen molar-refractivity contribution in [2.75, 3.05) is 13.7 Å². The molecule has 0 spiro atoms. The Labute approximate surface area is 77.4 Å². The molecule has 1 aromatic heterocycles. The van der Waals surface area contributed by atoms with E-state index in [4.69, 9.17) is 9.84 Å². The number of aliphatic hydroxyl groups is 1. The van der Waals surface area contributed by atoms with Crippen LogP contribution in [0.3, 0.4) is 0 Å². The molecule has 0 atom stereocenters. The predicted molar refractivity (Wildman–Crippen MR) is 49.5 cm³/mol. The number of aryl methyl sites for hydroxylation is 1. The van der Waals surface area contributed by atoms with E-state index in [-0.39, 0.29) is 6.61 Å². The van der Waals surface area contributed by atoms with Gasteiger partial charge in [-0.1, -0.05) is 11.8 Å². The minimum atomic E-state index is -0.134. The van der Waals surface area contributed by atoms with Crippen molar-refractivity contribution in [3.05, 3.63) is 23.4 Å². The molecule has 0 aliphatic heterocycles. The summed E-state index contributed by atoms with van der Waals surface area (Å²) in [6.45, 7) is 1.76. The van der Waals surface area contributed by atoms with E-state index in [9.17, 15) is 0 Å². The molecule has 0 fully saturated rings. The van der Waals surface area contributed by atoms with Crippen LogP contribution in [-0.2, 0) is 0 Å². The molecule has 68 valence electrons. The number of nitrogens with zero attached hydrogens (tertiary/aromatic N) is 1. The summed E-state index contributed by atoms with van der Waals surface area (Å²) in [7, 11) is 1.58. The van der Waals surface area contributed by atoms with E-state index in [0.717, 1.165) is 11.1 Å². The van der Waals surface area contributed by atoms with Gasteiger partial charge in [-0.15, -0.1) is 0 Å². The third-order valence-corrected chi connectivity index (χ3v) is 1.54. The van der Waals surface area contributed by atoms with Crippen LogP contribution in [0, 0.1) is 18.8 Å². The van der Waals surface area contributed by atoms with Gasteiger partial charge in [0.05, 0.1) is 7.11 Å². The second-order valence-corrected chi connectivity index (χ2v) is 2.51. The average Bonchev–Trinajstić information content (AvgIpc) is 2.15. The van der Waals surface area contributed by atoms with Crippen molar-refractivity contribution < 1.29 is 9.84 Å². The summed E-state index contributed by atoms with van der Waals surface area (Å²) in [4.78, 5) is 4.04. The zero-order valence-corrected chi connectivity index (χ0v) is 7.66. The average molecular weight is 177 g/mol. The highest BCUT2D eigenvalue weighted by molar-refractivity contribution is 5.38. The molecule has 0 aliphatic rings. The van der Waals surface area contributed by atoms with Gasteiger partial charge in [0.25, 0.3) is 0 Å². The number of ether oxygens (including phenoxy) is 1. The monoisotopic (exact) mass is 177 g/mol. The van der Waals surface area contributed by atoms with Gasteiger partial charge in [0.15, 0.2) is 0 Å². The maximum Gasteiger partial charge on any atom is 0.215 e. The maximum absolute atomic E-state index is 8.48. The number of aliphatic hydroxyl groups excluding tert-OH is 1. The van der Waals surface area contributed by atoms with E-state index < -0.39 is 0 Å². The molecule has 3 heteroatoms. The lowest BCUT2D eigenvalue weighted by molar-refractivity contribution is 0.350. The molecular formula is C10H11NO2. The minimum absolute atomic E-state index is 0.134. The molecule has 0 amide bonds. The molecule has 0 radical (unpaired) electrons. The van der Waals surface area contributed by atoms with Crippen molar-refractivity contribution in [3.63, 3.8) is 0 Å². The van der Waals surface area contributed by atoms with Crippen LogP contribution >= 0.6 is 0 Å². The highest BCUT2D eigenvalue weighted by Crippen LogP contribution is 2.13. The van der Waals surface area contributed by atoms with Crippen molar-refractivity contribution in [1.29, 1.82) is 0 Å². The van der Waals surface area contributed by atoms with Gasteiger partial charge in [-0.05, 0) is 13.0 Å². The first-order valence-electron chi connectivity index (χ1n) is 3.88. The van der Waals surface area contributed by atoms with E-state index in [0.29, 0.717) is 5.88 Å². The number of rotatable bonds is 1. The van der Waals surface area contributed by atoms with Crippen molar-refractivity contribution in [3.8, 4) is 17.7 Å². The van der Waals surface area contributed by atoms with Crippen LogP contribution < -0.4 is 4.74 Å². The smallest absolute Gasteiger partial charge is 0.215 e. The number of methoxy groups -OCH3 is 1. The molecule has 0 unspecified atom stereocenters. The highest BCUT2D eigenvalue weighted by atomic mass is 16.5. The van der Waals surface area contributed by atoms with Gasteiger partial charge in [0.1, 0.15) is 6.61 Å². The first-order valence-corrected chi connectivity index (χ1v) is 3.88. The molecule has 1 N–H and O–H groups in total. The zero-order valence-electron chi connectivity index (χ0n) is 7.66. The fraction of sp³-hybridized carbons (Fsp3) is 0.300. The van der Waals surface area contributed by atoms with Crippen molar-refractivity contribution in [1.82, 2.24) is 4.98 Å². The zero-order chi connectivity index (χ0) is 9.68. The molecule has 1 heterocycles. The molecular weight excluding hydrogens is 166 g/mol. The Balaban J connectivity index is 2.96. The Hall–Kier alpha value is -1.53. The summed E-state index contributed by atoms with van der Waals surface area (Å²) >= 11 is 0. The van der Waals surface area contributed by atoms with Crippen molar-refractivity contribution >= 4 is 0 Å².